The molecule has 6 nitrogen and oxygen atoms in total. The molecular weight excluding hydrogens is 428 g/mol. The van der Waals surface area contributed by atoms with Crippen LogP contribution in [-0.4, -0.2) is 38.8 Å². The summed E-state index contributed by atoms with van der Waals surface area (Å²) >= 11 is 5.97. The summed E-state index contributed by atoms with van der Waals surface area (Å²) in [7, 11) is -4.06. The molecule has 160 valence electrons. The number of hydrogen-bond donors (Lipinski definition) is 0. The van der Waals surface area contributed by atoms with E-state index in [4.69, 9.17) is 21.1 Å². The van der Waals surface area contributed by atoms with E-state index in [1.165, 1.54) is 12.1 Å². The molecule has 0 N–H and O–H groups in total. The Morgan fingerprint density at radius 2 is 1.43 bits per heavy atom. The predicted molar refractivity (Wildman–Crippen MR) is 112 cm³/mol. The zero-order valence-corrected chi connectivity index (χ0v) is 18.5. The first-order chi connectivity index (χ1) is 14.2. The third-order valence-electron chi connectivity index (χ3n) is 5.27. The first-order valence-electron chi connectivity index (χ1n) is 9.61. The van der Waals surface area contributed by atoms with Crippen LogP contribution in [0.2, 0.25) is 5.02 Å². The lowest BCUT2D eigenvalue weighted by Gasteiger charge is -2.15. The SMILES string of the molecule is CCOC(=O)C1(C(=O)OCC)C(c2ccc(Cl)cc2)C1S(=O)(=O)c1ccc(C)cc1. The highest BCUT2D eigenvalue weighted by molar-refractivity contribution is 7.92. The van der Waals surface area contributed by atoms with Gasteiger partial charge in [-0.2, -0.15) is 0 Å². The smallest absolute Gasteiger partial charge is 0.325 e. The van der Waals surface area contributed by atoms with Crippen molar-refractivity contribution in [3.8, 4) is 0 Å². The number of carbonyl (C=O) groups is 2. The van der Waals surface area contributed by atoms with Crippen LogP contribution in [-0.2, 0) is 28.9 Å². The lowest BCUT2D eigenvalue weighted by atomic mass is 9.99. The van der Waals surface area contributed by atoms with Crippen molar-refractivity contribution in [3.63, 3.8) is 0 Å². The van der Waals surface area contributed by atoms with Gasteiger partial charge in [-0.15, -0.1) is 0 Å². The quantitative estimate of drug-likeness (QED) is 0.472. The maximum atomic E-state index is 13.5. The second-order valence-corrected chi connectivity index (χ2v) is 9.62. The summed E-state index contributed by atoms with van der Waals surface area (Å²) in [4.78, 5) is 26.1. The van der Waals surface area contributed by atoms with Crippen molar-refractivity contribution in [2.24, 2.45) is 5.41 Å². The van der Waals surface area contributed by atoms with Gasteiger partial charge in [-0.05, 0) is 50.6 Å². The van der Waals surface area contributed by atoms with Gasteiger partial charge >= 0.3 is 11.9 Å². The van der Waals surface area contributed by atoms with Crippen LogP contribution < -0.4 is 0 Å². The minimum atomic E-state index is -4.06. The van der Waals surface area contributed by atoms with Gasteiger partial charge in [-0.1, -0.05) is 41.4 Å². The van der Waals surface area contributed by atoms with Crippen LogP contribution in [0.5, 0.6) is 0 Å². The molecule has 8 heteroatoms. The van der Waals surface area contributed by atoms with E-state index in [0.29, 0.717) is 10.6 Å². The maximum absolute atomic E-state index is 13.5. The molecule has 1 saturated carbocycles. The molecule has 2 aromatic rings. The average Bonchev–Trinajstić information content (AvgIpc) is 3.42. The van der Waals surface area contributed by atoms with Crippen molar-refractivity contribution >= 4 is 33.4 Å². The first kappa shape index (κ1) is 22.3. The van der Waals surface area contributed by atoms with E-state index >= 15 is 0 Å². The van der Waals surface area contributed by atoms with Crippen molar-refractivity contribution in [1.82, 2.24) is 0 Å². The van der Waals surface area contributed by atoms with Gasteiger partial charge in [-0.25, -0.2) is 8.42 Å². The van der Waals surface area contributed by atoms with E-state index in [9.17, 15) is 18.0 Å². The number of esters is 2. The van der Waals surface area contributed by atoms with Crippen LogP contribution in [0.3, 0.4) is 0 Å². The molecule has 3 rings (SSSR count). The lowest BCUT2D eigenvalue weighted by molar-refractivity contribution is -0.164. The number of carbonyl (C=O) groups excluding carboxylic acids is 2. The predicted octanol–water partition coefficient (Wildman–Crippen LogP) is 3.70. The van der Waals surface area contributed by atoms with Crippen LogP contribution in [0.25, 0.3) is 0 Å². The van der Waals surface area contributed by atoms with E-state index in [1.54, 1.807) is 50.2 Å². The van der Waals surface area contributed by atoms with Crippen molar-refractivity contribution in [2.45, 2.75) is 36.8 Å². The lowest BCUT2D eigenvalue weighted by Crippen LogP contribution is -2.35. The monoisotopic (exact) mass is 450 g/mol. The van der Waals surface area contributed by atoms with Crippen LogP contribution in [0, 0.1) is 12.3 Å². The highest BCUT2D eigenvalue weighted by Gasteiger charge is 2.81. The van der Waals surface area contributed by atoms with Gasteiger partial charge in [0.05, 0.1) is 18.1 Å². The van der Waals surface area contributed by atoms with Crippen LogP contribution in [0.1, 0.15) is 30.9 Å². The van der Waals surface area contributed by atoms with E-state index in [0.717, 1.165) is 5.56 Å². The number of sulfone groups is 1. The molecule has 0 radical (unpaired) electrons. The number of benzene rings is 2. The van der Waals surface area contributed by atoms with Crippen molar-refractivity contribution in [2.75, 3.05) is 13.2 Å². The number of rotatable bonds is 7. The molecule has 0 saturated heterocycles. The summed E-state index contributed by atoms with van der Waals surface area (Å²) in [6.07, 6.45) is 0. The standard InChI is InChI=1S/C22H23ClO6S/c1-4-28-20(24)22(21(25)29-5-2)18(15-8-10-16(23)11-9-15)19(22)30(26,27)17-12-6-14(3)7-13-17/h6-13,18-19H,4-5H2,1-3H3. The molecule has 0 spiro atoms. The molecule has 0 aromatic heterocycles. The number of hydrogen-bond acceptors (Lipinski definition) is 6. The van der Waals surface area contributed by atoms with E-state index < -0.39 is 38.4 Å². The topological polar surface area (TPSA) is 86.7 Å². The number of halogens is 1. The van der Waals surface area contributed by atoms with Crippen LogP contribution >= 0.6 is 11.6 Å². The third kappa shape index (κ3) is 3.61. The van der Waals surface area contributed by atoms with Gasteiger partial charge in [0.2, 0.25) is 0 Å². The van der Waals surface area contributed by atoms with E-state index in [2.05, 4.69) is 0 Å². The van der Waals surface area contributed by atoms with E-state index in [-0.39, 0.29) is 18.1 Å². The average molecular weight is 451 g/mol. The number of aryl methyl sites for hydroxylation is 1. The molecule has 2 unspecified atom stereocenters. The molecule has 0 bridgehead atoms. The van der Waals surface area contributed by atoms with Crippen molar-refractivity contribution in [1.29, 1.82) is 0 Å². The molecule has 2 atom stereocenters. The molecule has 2 aromatic carbocycles. The normalized spacial score (nSPS) is 19.7. The third-order valence-corrected chi connectivity index (χ3v) is 7.77. The fourth-order valence-electron chi connectivity index (χ4n) is 3.83. The van der Waals surface area contributed by atoms with Crippen LogP contribution in [0.15, 0.2) is 53.4 Å². The number of ether oxygens (including phenoxy) is 2. The largest absolute Gasteiger partial charge is 0.465 e. The summed E-state index contributed by atoms with van der Waals surface area (Å²) in [5.74, 6) is -2.74. The summed E-state index contributed by atoms with van der Waals surface area (Å²) in [6.45, 7) is 5.04. The Morgan fingerprint density at radius 1 is 0.933 bits per heavy atom. The second kappa shape index (κ2) is 8.40. The van der Waals surface area contributed by atoms with Gasteiger partial charge in [0.25, 0.3) is 0 Å². The minimum Gasteiger partial charge on any atom is -0.465 e. The van der Waals surface area contributed by atoms with Crippen molar-refractivity contribution in [3.05, 3.63) is 64.7 Å². The zero-order chi connectivity index (χ0) is 22.1. The highest BCUT2D eigenvalue weighted by atomic mass is 35.5. The van der Waals surface area contributed by atoms with Gasteiger partial charge in [0, 0.05) is 10.9 Å². The Hall–Kier alpha value is -2.38. The maximum Gasteiger partial charge on any atom is 0.325 e. The fourth-order valence-corrected chi connectivity index (χ4v) is 6.25. The molecular formula is C22H23ClO6S. The van der Waals surface area contributed by atoms with E-state index in [1.807, 2.05) is 6.92 Å². The van der Waals surface area contributed by atoms with Crippen molar-refractivity contribution < 1.29 is 27.5 Å². The highest BCUT2D eigenvalue weighted by Crippen LogP contribution is 2.65. The first-order valence-corrected chi connectivity index (χ1v) is 11.5. The fraction of sp³-hybridized carbons (Fsp3) is 0.364. The Bertz CT molecular complexity index is 1030. The zero-order valence-electron chi connectivity index (χ0n) is 16.9. The molecule has 1 fully saturated rings. The van der Waals surface area contributed by atoms with Crippen LogP contribution in [0.4, 0.5) is 0 Å². The molecule has 0 aliphatic heterocycles. The Labute approximate surface area is 181 Å². The van der Waals surface area contributed by atoms with Gasteiger partial charge < -0.3 is 9.47 Å². The molecule has 30 heavy (non-hydrogen) atoms. The molecule has 1 aliphatic carbocycles. The minimum absolute atomic E-state index is 0.00459. The molecule has 0 amide bonds. The Morgan fingerprint density at radius 3 is 1.90 bits per heavy atom. The second-order valence-electron chi connectivity index (χ2n) is 7.12. The summed E-state index contributed by atoms with van der Waals surface area (Å²) in [5.41, 5.74) is -0.578. The van der Waals surface area contributed by atoms with Gasteiger partial charge in [0.15, 0.2) is 15.3 Å². The van der Waals surface area contributed by atoms with Gasteiger partial charge in [0.1, 0.15) is 5.25 Å². The Balaban J connectivity index is 2.19. The van der Waals surface area contributed by atoms with Gasteiger partial charge in [-0.3, -0.25) is 9.59 Å². The Kier molecular flexibility index (Phi) is 6.24. The summed E-state index contributed by atoms with van der Waals surface area (Å²) in [6, 6.07) is 12.7. The molecule has 1 aliphatic rings. The molecule has 0 heterocycles. The summed E-state index contributed by atoms with van der Waals surface area (Å²) < 4.78 is 37.4. The summed E-state index contributed by atoms with van der Waals surface area (Å²) in [5, 5.41) is -0.887.